The molecule has 13 aromatic rings. The predicted octanol–water partition coefficient (Wildman–Crippen LogP) is 11.9. The van der Waals surface area contributed by atoms with Crippen molar-refractivity contribution in [1.29, 1.82) is 5.26 Å². The molecule has 5 heterocycles. The summed E-state index contributed by atoms with van der Waals surface area (Å²) in [7, 11) is 0. The zero-order valence-electron chi connectivity index (χ0n) is 31.4. The van der Waals surface area contributed by atoms with Gasteiger partial charge in [0.15, 0.2) is 0 Å². The molecule has 274 valence electrons. The molecule has 0 N–H and O–H groups in total. The van der Waals surface area contributed by atoms with Crippen molar-refractivity contribution in [2.75, 3.05) is 0 Å². The summed E-state index contributed by atoms with van der Waals surface area (Å²) in [6.45, 7) is 0. The van der Waals surface area contributed by atoms with Crippen molar-refractivity contribution in [3.63, 3.8) is 0 Å². The minimum absolute atomic E-state index is 0.571. The molecule has 0 aliphatic heterocycles. The molecule has 13 rings (SSSR count). The quantitative estimate of drug-likeness (QED) is 0.180. The number of benzene rings is 8. The minimum atomic E-state index is 0.571. The predicted molar refractivity (Wildman–Crippen MR) is 238 cm³/mol. The second kappa shape index (κ2) is 11.8. The van der Waals surface area contributed by atoms with E-state index in [4.69, 9.17) is 9.97 Å². The van der Waals surface area contributed by atoms with E-state index in [1.165, 1.54) is 32.6 Å². The SMILES string of the molecule is N#Cc1ccc2c(c1)n1c3ccccc3nc1n(-c1cccc(-n3c4ccccc4c4cc(-n5c6ccccc6c6ccccc65)ccc43)c1)c1nc3ccccc3n21. The zero-order chi connectivity index (χ0) is 38.8. The Morgan fingerprint density at radius 2 is 0.797 bits per heavy atom. The monoisotopic (exact) mass is 754 g/mol. The van der Waals surface area contributed by atoms with Crippen LogP contribution < -0.4 is 0 Å². The summed E-state index contributed by atoms with van der Waals surface area (Å²) in [5.41, 5.74) is 13.6. The Morgan fingerprint density at radius 3 is 1.39 bits per heavy atom. The molecular weight excluding hydrogens is 725 g/mol. The molecule has 0 unspecified atom stereocenters. The number of aromatic nitrogens is 7. The van der Waals surface area contributed by atoms with Crippen molar-refractivity contribution in [1.82, 2.24) is 32.5 Å². The third-order valence-electron chi connectivity index (χ3n) is 11.9. The van der Waals surface area contributed by atoms with Crippen molar-refractivity contribution in [2.45, 2.75) is 0 Å². The highest BCUT2D eigenvalue weighted by molar-refractivity contribution is 6.12. The third kappa shape index (κ3) is 4.36. The minimum Gasteiger partial charge on any atom is -0.309 e. The summed E-state index contributed by atoms with van der Waals surface area (Å²) in [6.07, 6.45) is 0. The second-order valence-corrected chi connectivity index (χ2v) is 15.1. The van der Waals surface area contributed by atoms with Crippen molar-refractivity contribution in [2.24, 2.45) is 0 Å². The lowest BCUT2D eigenvalue weighted by atomic mass is 10.1. The lowest BCUT2D eigenvalue weighted by molar-refractivity contribution is 1.02. The first-order valence-corrected chi connectivity index (χ1v) is 19.7. The van der Waals surface area contributed by atoms with E-state index in [9.17, 15) is 5.26 Å². The molecule has 0 saturated carbocycles. The first-order chi connectivity index (χ1) is 29.2. The maximum atomic E-state index is 10.1. The first-order valence-electron chi connectivity index (χ1n) is 19.7. The van der Waals surface area contributed by atoms with Crippen LogP contribution in [-0.4, -0.2) is 32.5 Å². The van der Waals surface area contributed by atoms with Gasteiger partial charge in [0.1, 0.15) is 0 Å². The highest BCUT2D eigenvalue weighted by atomic mass is 15.3. The standard InChI is InChI=1S/C51H30N8/c52-31-32-24-26-48-49(28-32)59-47-23-10-5-18-41(47)54-51(59)57(50-53-40-17-4-9-22-46(40)58(48)50)34-13-11-12-33(29-34)55-44-21-8-3-16-38(44)39-30-35(25-27-45(39)55)56-42-19-6-1-14-36(42)37-15-2-7-20-43(37)56/h1-30H. The van der Waals surface area contributed by atoms with Gasteiger partial charge in [-0.3, -0.25) is 8.80 Å². The normalized spacial score (nSPS) is 12.1. The number of fused-ring (bicyclic) bond motifs is 15. The molecule has 5 aromatic heterocycles. The average Bonchev–Trinajstić information content (AvgIpc) is 4.03. The lowest BCUT2D eigenvalue weighted by Crippen LogP contribution is -2.03. The fraction of sp³-hybridized carbons (Fsp3) is 0. The van der Waals surface area contributed by atoms with Crippen LogP contribution in [0.5, 0.6) is 0 Å². The van der Waals surface area contributed by atoms with Gasteiger partial charge < -0.3 is 9.13 Å². The Hall–Kier alpha value is -8.41. The Labute approximate surface area is 335 Å². The molecule has 0 radical (unpaired) electrons. The summed E-state index contributed by atoms with van der Waals surface area (Å²) >= 11 is 0. The fourth-order valence-electron chi connectivity index (χ4n) is 9.43. The van der Waals surface area contributed by atoms with Crippen LogP contribution >= 0.6 is 0 Å². The Bertz CT molecular complexity index is 3940. The van der Waals surface area contributed by atoms with Gasteiger partial charge in [-0.2, -0.15) is 5.26 Å². The first kappa shape index (κ1) is 31.8. The average molecular weight is 755 g/mol. The van der Waals surface area contributed by atoms with E-state index in [-0.39, 0.29) is 0 Å². The molecule has 0 fully saturated rings. The summed E-state index contributed by atoms with van der Waals surface area (Å²) < 4.78 is 11.3. The number of para-hydroxylation sites is 7. The van der Waals surface area contributed by atoms with Gasteiger partial charge in [-0.1, -0.05) is 84.9 Å². The van der Waals surface area contributed by atoms with Crippen LogP contribution in [0.25, 0.3) is 105 Å². The van der Waals surface area contributed by atoms with E-state index in [0.717, 1.165) is 61.2 Å². The number of nitrogens with zero attached hydrogens (tertiary/aromatic N) is 8. The highest BCUT2D eigenvalue weighted by Gasteiger charge is 2.21. The van der Waals surface area contributed by atoms with Crippen LogP contribution in [0.15, 0.2) is 182 Å². The van der Waals surface area contributed by atoms with E-state index in [0.29, 0.717) is 17.1 Å². The van der Waals surface area contributed by atoms with Crippen LogP contribution in [0, 0.1) is 11.3 Å². The molecule has 0 bridgehead atoms. The molecule has 0 amide bonds. The molecule has 0 spiro atoms. The van der Waals surface area contributed by atoms with Gasteiger partial charge in [0.2, 0.25) is 11.6 Å². The van der Waals surface area contributed by atoms with E-state index >= 15 is 0 Å². The van der Waals surface area contributed by atoms with Crippen molar-refractivity contribution in [3.05, 3.63) is 188 Å². The topological polar surface area (TPSA) is 73.2 Å². The molecule has 59 heavy (non-hydrogen) atoms. The zero-order valence-corrected chi connectivity index (χ0v) is 31.4. The van der Waals surface area contributed by atoms with Gasteiger partial charge >= 0.3 is 0 Å². The Kier molecular flexibility index (Phi) is 6.35. The van der Waals surface area contributed by atoms with Crippen LogP contribution in [0.4, 0.5) is 0 Å². The number of nitriles is 1. The van der Waals surface area contributed by atoms with Gasteiger partial charge in [-0.25, -0.2) is 14.5 Å². The Balaban J connectivity index is 1.11. The van der Waals surface area contributed by atoms with Gasteiger partial charge in [-0.15, -0.1) is 0 Å². The van der Waals surface area contributed by atoms with E-state index in [1.807, 2.05) is 54.6 Å². The van der Waals surface area contributed by atoms with E-state index in [2.05, 4.69) is 156 Å². The number of rotatable bonds is 3. The molecule has 8 aromatic carbocycles. The van der Waals surface area contributed by atoms with E-state index < -0.39 is 0 Å². The number of hydrogen-bond donors (Lipinski definition) is 0. The van der Waals surface area contributed by atoms with Crippen LogP contribution in [0.2, 0.25) is 0 Å². The van der Waals surface area contributed by atoms with Gasteiger partial charge in [0.05, 0.1) is 72.5 Å². The summed E-state index contributed by atoms with van der Waals surface area (Å²) in [4.78, 5) is 10.6. The summed E-state index contributed by atoms with van der Waals surface area (Å²) in [6, 6.07) is 66.0. The van der Waals surface area contributed by atoms with Gasteiger partial charge in [0, 0.05) is 32.9 Å². The van der Waals surface area contributed by atoms with Crippen molar-refractivity contribution < 1.29 is 0 Å². The lowest BCUT2D eigenvalue weighted by Gasteiger charge is -2.13. The maximum Gasteiger partial charge on any atom is 0.223 e. The van der Waals surface area contributed by atoms with Crippen LogP contribution in [0.1, 0.15) is 5.56 Å². The van der Waals surface area contributed by atoms with Crippen LogP contribution in [-0.2, 0) is 0 Å². The molecule has 0 aliphatic rings. The number of imidazole rings is 2. The molecule has 0 saturated heterocycles. The highest BCUT2D eigenvalue weighted by Crippen LogP contribution is 2.38. The molecule has 8 heteroatoms. The summed E-state index contributed by atoms with van der Waals surface area (Å²) in [5.74, 6) is 1.40. The van der Waals surface area contributed by atoms with Crippen LogP contribution in [0.3, 0.4) is 0 Å². The fourth-order valence-corrected chi connectivity index (χ4v) is 9.43. The summed E-state index contributed by atoms with van der Waals surface area (Å²) in [5, 5.41) is 14.9. The van der Waals surface area contributed by atoms with Gasteiger partial charge in [-0.05, 0) is 97.1 Å². The molecular formula is C51H30N8. The smallest absolute Gasteiger partial charge is 0.223 e. The molecule has 0 atom stereocenters. The van der Waals surface area contributed by atoms with Crippen molar-refractivity contribution in [3.8, 4) is 23.1 Å². The largest absolute Gasteiger partial charge is 0.309 e. The number of hydrogen-bond acceptors (Lipinski definition) is 3. The second-order valence-electron chi connectivity index (χ2n) is 15.1. The molecule has 8 nitrogen and oxygen atoms in total. The Morgan fingerprint density at radius 1 is 0.339 bits per heavy atom. The molecule has 0 aliphatic carbocycles. The van der Waals surface area contributed by atoms with E-state index in [1.54, 1.807) is 0 Å². The van der Waals surface area contributed by atoms with Crippen molar-refractivity contribution >= 4 is 88.3 Å². The third-order valence-corrected chi connectivity index (χ3v) is 11.9. The van der Waals surface area contributed by atoms with Gasteiger partial charge in [0.25, 0.3) is 0 Å². The maximum absolute atomic E-state index is 10.1.